The number of hydrogen-bond donors (Lipinski definition) is 2. The zero-order valence-corrected chi connectivity index (χ0v) is 20.5. The lowest BCUT2D eigenvalue weighted by atomic mass is 9.87. The molecule has 1 aromatic carbocycles. The molecular formula is C24H40ClN3O3. The second kappa shape index (κ2) is 12.0. The Balaban J connectivity index is 1.97. The molecular weight excluding hydrogens is 414 g/mol. The van der Waals surface area contributed by atoms with Gasteiger partial charge in [-0.3, -0.25) is 0 Å². The van der Waals surface area contributed by atoms with E-state index in [0.717, 1.165) is 31.4 Å². The maximum absolute atomic E-state index is 12.8. The fourth-order valence-electron chi connectivity index (χ4n) is 4.44. The molecule has 0 spiro atoms. The Labute approximate surface area is 192 Å². The van der Waals surface area contributed by atoms with Crippen molar-refractivity contribution in [3.63, 3.8) is 0 Å². The Morgan fingerprint density at radius 3 is 2.77 bits per heavy atom. The Kier molecular flexibility index (Phi) is 10.1. The zero-order chi connectivity index (χ0) is 23.0. The quantitative estimate of drug-likeness (QED) is 0.542. The van der Waals surface area contributed by atoms with Crippen molar-refractivity contribution in [1.82, 2.24) is 10.2 Å². The van der Waals surface area contributed by atoms with Gasteiger partial charge in [0.2, 0.25) is 0 Å². The van der Waals surface area contributed by atoms with Crippen LogP contribution in [-0.2, 0) is 9.47 Å². The maximum Gasteiger partial charge on any atom is 0.317 e. The summed E-state index contributed by atoms with van der Waals surface area (Å²) in [5.74, 6) is 0.217. The highest BCUT2D eigenvalue weighted by atomic mass is 35.5. The van der Waals surface area contributed by atoms with Crippen molar-refractivity contribution < 1.29 is 14.3 Å². The molecule has 1 aliphatic rings. The second-order valence-electron chi connectivity index (χ2n) is 9.76. The largest absolute Gasteiger partial charge is 0.384 e. The number of likely N-dealkylation sites (tertiary alicyclic amines) is 1. The predicted octanol–water partition coefficient (Wildman–Crippen LogP) is 4.62. The van der Waals surface area contributed by atoms with Crippen LogP contribution in [0.25, 0.3) is 0 Å². The molecule has 1 aromatic rings. The van der Waals surface area contributed by atoms with Gasteiger partial charge in [-0.05, 0) is 56.2 Å². The molecule has 2 amide bonds. The van der Waals surface area contributed by atoms with Crippen molar-refractivity contribution in [2.75, 3.05) is 33.4 Å². The molecule has 6 nitrogen and oxygen atoms in total. The fraction of sp³-hybridized carbons (Fsp3) is 0.708. The standard InChI is InChI=1S/C24H40ClN3O3/c1-17(2)31-22(18-8-6-10-20(25)12-18)19-9-7-11-28(15-19)23(29)27-14-21(26)13-24(3,4)16-30-5/h6,8,10,12,17,19,21-22H,7,9,11,13-16,26H2,1-5H3,(H,27,29)/t19-,21-,22?/m1/s1. The van der Waals surface area contributed by atoms with Crippen molar-refractivity contribution in [3.8, 4) is 0 Å². The summed E-state index contributed by atoms with van der Waals surface area (Å²) in [6.07, 6.45) is 2.73. The van der Waals surface area contributed by atoms with E-state index in [4.69, 9.17) is 26.8 Å². The molecule has 0 bridgehead atoms. The Morgan fingerprint density at radius 1 is 1.39 bits per heavy atom. The third-order valence-electron chi connectivity index (χ3n) is 5.63. The number of hydrogen-bond acceptors (Lipinski definition) is 4. The molecule has 3 N–H and O–H groups in total. The Hall–Kier alpha value is -1.34. The smallest absolute Gasteiger partial charge is 0.317 e. The summed E-state index contributed by atoms with van der Waals surface area (Å²) in [6, 6.07) is 7.67. The third-order valence-corrected chi connectivity index (χ3v) is 5.87. The molecule has 0 aromatic heterocycles. The van der Waals surface area contributed by atoms with E-state index in [1.165, 1.54) is 0 Å². The van der Waals surface area contributed by atoms with E-state index in [2.05, 4.69) is 25.2 Å². The number of halogens is 1. The van der Waals surface area contributed by atoms with Crippen LogP contribution in [0.2, 0.25) is 5.02 Å². The normalized spacial score (nSPS) is 19.4. The number of nitrogens with zero attached hydrogens (tertiary/aromatic N) is 1. The number of nitrogens with two attached hydrogens (primary N) is 1. The lowest BCUT2D eigenvalue weighted by molar-refractivity contribution is -0.0433. The van der Waals surface area contributed by atoms with Gasteiger partial charge >= 0.3 is 6.03 Å². The van der Waals surface area contributed by atoms with E-state index in [9.17, 15) is 4.79 Å². The number of ether oxygens (including phenoxy) is 2. The fourth-order valence-corrected chi connectivity index (χ4v) is 4.64. The van der Waals surface area contributed by atoms with Crippen LogP contribution < -0.4 is 11.1 Å². The van der Waals surface area contributed by atoms with Crippen molar-refractivity contribution in [1.29, 1.82) is 0 Å². The number of urea groups is 1. The summed E-state index contributed by atoms with van der Waals surface area (Å²) in [7, 11) is 1.70. The molecule has 1 fully saturated rings. The highest BCUT2D eigenvalue weighted by Gasteiger charge is 2.32. The molecule has 3 atom stereocenters. The SMILES string of the molecule is COCC(C)(C)C[C@@H](N)CNC(=O)N1CCC[C@@H](C(OC(C)C)c2cccc(Cl)c2)C1. The van der Waals surface area contributed by atoms with E-state index in [0.29, 0.717) is 24.7 Å². The van der Waals surface area contributed by atoms with Gasteiger partial charge in [0.25, 0.3) is 0 Å². The molecule has 1 saturated heterocycles. The lowest BCUT2D eigenvalue weighted by Gasteiger charge is -2.38. The number of piperidine rings is 1. The Bertz CT molecular complexity index is 698. The minimum Gasteiger partial charge on any atom is -0.384 e. The molecule has 1 heterocycles. The summed E-state index contributed by atoms with van der Waals surface area (Å²) < 4.78 is 11.5. The van der Waals surface area contributed by atoms with Crippen LogP contribution in [0.5, 0.6) is 0 Å². The van der Waals surface area contributed by atoms with E-state index in [-0.39, 0.29) is 35.6 Å². The van der Waals surface area contributed by atoms with Gasteiger partial charge in [-0.2, -0.15) is 0 Å². The predicted molar refractivity (Wildman–Crippen MR) is 126 cm³/mol. The first-order chi connectivity index (χ1) is 14.6. The molecule has 7 heteroatoms. The number of carbonyl (C=O) groups is 1. The summed E-state index contributed by atoms with van der Waals surface area (Å²) in [6.45, 7) is 10.8. The summed E-state index contributed by atoms with van der Waals surface area (Å²) >= 11 is 6.23. The van der Waals surface area contributed by atoms with Crippen molar-refractivity contribution in [3.05, 3.63) is 34.9 Å². The van der Waals surface area contributed by atoms with E-state index in [1.807, 2.05) is 36.9 Å². The van der Waals surface area contributed by atoms with Gasteiger partial charge in [0.1, 0.15) is 0 Å². The van der Waals surface area contributed by atoms with Crippen LogP contribution in [0.3, 0.4) is 0 Å². The third kappa shape index (κ3) is 8.60. The van der Waals surface area contributed by atoms with Gasteiger partial charge in [-0.15, -0.1) is 0 Å². The maximum atomic E-state index is 12.8. The molecule has 1 aliphatic heterocycles. The van der Waals surface area contributed by atoms with Crippen molar-refractivity contribution in [2.45, 2.75) is 65.2 Å². The first-order valence-electron chi connectivity index (χ1n) is 11.3. The highest BCUT2D eigenvalue weighted by Crippen LogP contribution is 2.34. The van der Waals surface area contributed by atoms with Gasteiger partial charge < -0.3 is 25.4 Å². The van der Waals surface area contributed by atoms with Crippen molar-refractivity contribution >= 4 is 17.6 Å². The van der Waals surface area contributed by atoms with E-state index < -0.39 is 0 Å². The van der Waals surface area contributed by atoms with Gasteiger partial charge in [-0.25, -0.2) is 4.79 Å². The summed E-state index contributed by atoms with van der Waals surface area (Å²) in [4.78, 5) is 14.7. The molecule has 176 valence electrons. The number of methoxy groups -OCH3 is 1. The average molecular weight is 454 g/mol. The van der Waals surface area contributed by atoms with Crippen LogP contribution in [-0.4, -0.2) is 56.4 Å². The van der Waals surface area contributed by atoms with Gasteiger partial charge in [-0.1, -0.05) is 37.6 Å². The molecule has 0 saturated carbocycles. The summed E-state index contributed by atoms with van der Waals surface area (Å²) in [5.41, 5.74) is 7.31. The number of amides is 2. The van der Waals surface area contributed by atoms with E-state index in [1.54, 1.807) is 7.11 Å². The van der Waals surface area contributed by atoms with E-state index >= 15 is 0 Å². The number of benzene rings is 1. The number of carbonyl (C=O) groups excluding carboxylic acids is 1. The number of nitrogens with one attached hydrogen (secondary N) is 1. The Morgan fingerprint density at radius 2 is 2.13 bits per heavy atom. The van der Waals surface area contributed by atoms with Gasteiger partial charge in [0, 0.05) is 43.7 Å². The topological polar surface area (TPSA) is 76.8 Å². The molecule has 2 rings (SSSR count). The first-order valence-corrected chi connectivity index (χ1v) is 11.7. The number of rotatable bonds is 10. The minimum absolute atomic E-state index is 0.0204. The van der Waals surface area contributed by atoms with Crippen LogP contribution in [0.1, 0.15) is 58.6 Å². The molecule has 1 unspecified atom stereocenters. The van der Waals surface area contributed by atoms with Gasteiger partial charge in [0.15, 0.2) is 0 Å². The average Bonchev–Trinajstić information content (AvgIpc) is 2.69. The molecule has 0 aliphatic carbocycles. The van der Waals surface area contributed by atoms with Gasteiger partial charge in [0.05, 0.1) is 18.8 Å². The second-order valence-corrected chi connectivity index (χ2v) is 10.2. The molecule has 31 heavy (non-hydrogen) atoms. The highest BCUT2D eigenvalue weighted by molar-refractivity contribution is 6.30. The zero-order valence-electron chi connectivity index (χ0n) is 19.7. The van der Waals surface area contributed by atoms with Crippen LogP contribution in [0, 0.1) is 11.3 Å². The van der Waals surface area contributed by atoms with Crippen LogP contribution >= 0.6 is 11.6 Å². The van der Waals surface area contributed by atoms with Crippen LogP contribution in [0.4, 0.5) is 4.79 Å². The first kappa shape index (κ1) is 25.9. The minimum atomic E-state index is -0.113. The lowest BCUT2D eigenvalue weighted by Crippen LogP contribution is -2.50. The summed E-state index contributed by atoms with van der Waals surface area (Å²) in [5, 5.41) is 3.72. The molecule has 0 radical (unpaired) electrons. The monoisotopic (exact) mass is 453 g/mol. The van der Waals surface area contributed by atoms with Crippen molar-refractivity contribution in [2.24, 2.45) is 17.1 Å². The van der Waals surface area contributed by atoms with Crippen LogP contribution in [0.15, 0.2) is 24.3 Å².